The number of benzene rings is 1. The highest BCUT2D eigenvalue weighted by molar-refractivity contribution is 5.96. The first-order chi connectivity index (χ1) is 21.8. The maximum Gasteiger partial charge on any atom is 0.407 e. The molecule has 4 atom stereocenters. The van der Waals surface area contributed by atoms with Crippen LogP contribution in [-0.4, -0.2) is 58.2 Å². The number of fused-ring (bicyclic) bond motifs is 1. The van der Waals surface area contributed by atoms with E-state index in [4.69, 9.17) is 14.9 Å². The van der Waals surface area contributed by atoms with Crippen molar-refractivity contribution in [1.29, 1.82) is 0 Å². The van der Waals surface area contributed by atoms with Crippen molar-refractivity contribution < 1.29 is 37.8 Å². The lowest BCUT2D eigenvalue weighted by Gasteiger charge is -2.38. The number of ether oxygens (including phenoxy) is 1. The summed E-state index contributed by atoms with van der Waals surface area (Å²) >= 11 is 0. The summed E-state index contributed by atoms with van der Waals surface area (Å²) in [4.78, 5) is 53.8. The highest BCUT2D eigenvalue weighted by Gasteiger charge is 2.52. The monoisotopic (exact) mass is 641 g/mol. The second-order valence-electron chi connectivity index (χ2n) is 14.5. The fourth-order valence-electron chi connectivity index (χ4n) is 8.28. The quantitative estimate of drug-likeness (QED) is 0.300. The number of aryl methyl sites for hydroxylation is 1. The van der Waals surface area contributed by atoms with Crippen LogP contribution in [0.25, 0.3) is 11.0 Å². The number of carboxylic acid groups (broad SMARTS) is 1. The average molecular weight is 642 g/mol. The van der Waals surface area contributed by atoms with Gasteiger partial charge >= 0.3 is 12.1 Å². The number of amides is 3. The lowest BCUT2D eigenvalue weighted by Crippen LogP contribution is -2.51. The van der Waals surface area contributed by atoms with Crippen LogP contribution in [0, 0.1) is 30.6 Å². The average Bonchev–Trinajstić information content (AvgIpc) is 3.58. The molecule has 0 bridgehead atoms. The third-order valence-electron chi connectivity index (χ3n) is 10.4. The van der Waals surface area contributed by atoms with Crippen molar-refractivity contribution in [2.75, 3.05) is 6.67 Å². The summed E-state index contributed by atoms with van der Waals surface area (Å²) in [5, 5.41) is 13.1. The number of carbonyl (C=O) groups is 4. The molecule has 1 saturated heterocycles. The molecule has 5 rings (SSSR count). The Morgan fingerprint density at radius 1 is 1.09 bits per heavy atom. The first-order valence-corrected chi connectivity index (χ1v) is 16.7. The van der Waals surface area contributed by atoms with Gasteiger partial charge < -0.3 is 30.2 Å². The van der Waals surface area contributed by atoms with E-state index < -0.39 is 54.3 Å². The molecule has 11 heteroatoms. The fourth-order valence-corrected chi connectivity index (χ4v) is 8.28. The summed E-state index contributed by atoms with van der Waals surface area (Å²) in [5.41, 5.74) is 7.01. The van der Waals surface area contributed by atoms with Crippen LogP contribution in [0.3, 0.4) is 0 Å². The standard InChI is InChI=1S/C35H48FN3O7/c1-19-23-11-8-12-24(30(23)45-29(19)33(42)43)27-17-25(20-9-6-5-7-10-20)28(31(37)40)39(27)32(41)22-15-13-21(14-16-22)26(18-36)38-34(44)46-35(2,3)4/h8,11-12,20-22,25-28H,5-7,9-10,13-18H2,1-4H3,(H2,37,40)(H,38,44)(H,42,43)/t21-,22-,25-,26+,27?,28-/m0/s1. The Morgan fingerprint density at radius 3 is 2.35 bits per heavy atom. The van der Waals surface area contributed by atoms with E-state index in [1.54, 1.807) is 32.6 Å². The molecule has 1 aromatic carbocycles. The van der Waals surface area contributed by atoms with E-state index in [1.807, 2.05) is 18.2 Å². The highest BCUT2D eigenvalue weighted by Crippen LogP contribution is 2.50. The zero-order valence-electron chi connectivity index (χ0n) is 27.4. The Labute approximate surface area is 269 Å². The van der Waals surface area contributed by atoms with Crippen LogP contribution in [0.2, 0.25) is 0 Å². The molecule has 2 aromatic rings. The summed E-state index contributed by atoms with van der Waals surface area (Å²) < 4.78 is 25.4. The second-order valence-corrected chi connectivity index (χ2v) is 14.5. The summed E-state index contributed by atoms with van der Waals surface area (Å²) in [6.45, 7) is 6.20. The number of aromatic carboxylic acids is 1. The minimum absolute atomic E-state index is 0.123. The number of nitrogens with two attached hydrogens (primary N) is 1. The summed E-state index contributed by atoms with van der Waals surface area (Å²) in [6.07, 6.45) is 7.10. The Kier molecular flexibility index (Phi) is 9.98. The molecule has 3 amide bonds. The molecule has 1 aliphatic heterocycles. The lowest BCUT2D eigenvalue weighted by molar-refractivity contribution is -0.145. The molecular formula is C35H48FN3O7. The van der Waals surface area contributed by atoms with Crippen LogP contribution < -0.4 is 11.1 Å². The Morgan fingerprint density at radius 2 is 1.76 bits per heavy atom. The van der Waals surface area contributed by atoms with Gasteiger partial charge in [0.05, 0.1) is 12.1 Å². The number of alkyl halides is 1. The van der Waals surface area contributed by atoms with Gasteiger partial charge in [0.25, 0.3) is 0 Å². The number of hydrogen-bond acceptors (Lipinski definition) is 6. The van der Waals surface area contributed by atoms with Crippen molar-refractivity contribution in [3.8, 4) is 0 Å². The van der Waals surface area contributed by atoms with E-state index in [0.717, 1.165) is 32.1 Å². The summed E-state index contributed by atoms with van der Waals surface area (Å²) in [6, 6.07) is 3.47. The van der Waals surface area contributed by atoms with Crippen LogP contribution in [0.1, 0.15) is 113 Å². The molecule has 46 heavy (non-hydrogen) atoms. The Balaban J connectivity index is 1.43. The summed E-state index contributed by atoms with van der Waals surface area (Å²) in [5.74, 6) is -2.45. The maximum absolute atomic E-state index is 14.6. The van der Waals surface area contributed by atoms with Gasteiger partial charge in [-0.25, -0.2) is 14.0 Å². The van der Waals surface area contributed by atoms with Crippen molar-refractivity contribution in [3.05, 3.63) is 35.1 Å². The van der Waals surface area contributed by atoms with Gasteiger partial charge in [0, 0.05) is 22.4 Å². The van der Waals surface area contributed by atoms with Crippen molar-refractivity contribution in [3.63, 3.8) is 0 Å². The lowest BCUT2D eigenvalue weighted by atomic mass is 9.75. The third kappa shape index (κ3) is 6.88. The van der Waals surface area contributed by atoms with Crippen molar-refractivity contribution in [2.24, 2.45) is 29.4 Å². The number of nitrogens with one attached hydrogen (secondary N) is 1. The SMILES string of the molecule is Cc1c(C(=O)O)oc2c(C3C[C@@H](C4CCCCC4)[C@@H](C(N)=O)N3C(=O)[C@H]3CC[C@H]([C@@H](CF)NC(=O)OC(C)(C)C)CC3)cccc12. The van der Waals surface area contributed by atoms with E-state index in [2.05, 4.69) is 5.32 Å². The number of furan rings is 1. The van der Waals surface area contributed by atoms with Gasteiger partial charge in [-0.05, 0) is 77.6 Å². The Hall–Kier alpha value is -3.63. The molecule has 252 valence electrons. The van der Waals surface area contributed by atoms with Crippen LogP contribution in [-0.2, 0) is 14.3 Å². The molecule has 10 nitrogen and oxygen atoms in total. The van der Waals surface area contributed by atoms with Crippen molar-refractivity contribution in [2.45, 2.75) is 116 Å². The van der Waals surface area contributed by atoms with Crippen LogP contribution in [0.5, 0.6) is 0 Å². The normalized spacial score (nSPS) is 26.5. The molecule has 1 aromatic heterocycles. The molecule has 2 heterocycles. The van der Waals surface area contributed by atoms with Gasteiger partial charge in [0.15, 0.2) is 0 Å². The number of likely N-dealkylation sites (tertiary alicyclic amines) is 1. The first-order valence-electron chi connectivity index (χ1n) is 16.7. The van der Waals surface area contributed by atoms with E-state index in [-0.39, 0.29) is 29.4 Å². The van der Waals surface area contributed by atoms with Crippen LogP contribution in [0.15, 0.2) is 22.6 Å². The number of nitrogens with zero attached hydrogens (tertiary/aromatic N) is 1. The third-order valence-corrected chi connectivity index (χ3v) is 10.4. The largest absolute Gasteiger partial charge is 0.475 e. The van der Waals surface area contributed by atoms with Crippen LogP contribution in [0.4, 0.5) is 9.18 Å². The number of rotatable bonds is 8. The van der Waals surface area contributed by atoms with Gasteiger partial charge in [-0.15, -0.1) is 0 Å². The van der Waals surface area contributed by atoms with Crippen LogP contribution >= 0.6 is 0 Å². The number of alkyl carbamates (subject to hydrolysis) is 1. The molecule has 2 saturated carbocycles. The second kappa shape index (κ2) is 13.6. The minimum atomic E-state index is -1.17. The molecule has 4 N–H and O–H groups in total. The van der Waals surface area contributed by atoms with Crippen molar-refractivity contribution in [1.82, 2.24) is 10.2 Å². The van der Waals surface area contributed by atoms with Crippen molar-refractivity contribution >= 4 is 34.8 Å². The number of hydrogen-bond donors (Lipinski definition) is 3. The van der Waals surface area contributed by atoms with Gasteiger partial charge in [0.2, 0.25) is 17.6 Å². The zero-order valence-corrected chi connectivity index (χ0v) is 27.4. The molecule has 3 fully saturated rings. The van der Waals surface area contributed by atoms with E-state index in [9.17, 15) is 28.7 Å². The minimum Gasteiger partial charge on any atom is -0.475 e. The number of para-hydroxylation sites is 1. The zero-order chi connectivity index (χ0) is 33.3. The smallest absolute Gasteiger partial charge is 0.407 e. The molecular weight excluding hydrogens is 593 g/mol. The Bertz CT molecular complexity index is 1450. The molecule has 0 radical (unpaired) electrons. The first kappa shape index (κ1) is 33.7. The molecule has 3 aliphatic rings. The topological polar surface area (TPSA) is 152 Å². The molecule has 2 aliphatic carbocycles. The van der Waals surface area contributed by atoms with Gasteiger partial charge in [0.1, 0.15) is 23.9 Å². The fraction of sp³-hybridized carbons (Fsp3) is 0.657. The number of primary amides is 1. The van der Waals surface area contributed by atoms with Gasteiger partial charge in [-0.1, -0.05) is 50.3 Å². The molecule has 0 spiro atoms. The number of halogens is 1. The highest BCUT2D eigenvalue weighted by atomic mass is 19.1. The van der Waals surface area contributed by atoms with E-state index >= 15 is 0 Å². The predicted octanol–water partition coefficient (Wildman–Crippen LogP) is 6.43. The van der Waals surface area contributed by atoms with Gasteiger partial charge in [-0.2, -0.15) is 0 Å². The van der Waals surface area contributed by atoms with E-state index in [1.165, 1.54) is 0 Å². The predicted molar refractivity (Wildman–Crippen MR) is 170 cm³/mol. The number of carbonyl (C=O) groups excluding carboxylic acids is 3. The molecule has 1 unspecified atom stereocenters. The number of carboxylic acids is 1. The van der Waals surface area contributed by atoms with Gasteiger partial charge in [-0.3, -0.25) is 9.59 Å². The maximum atomic E-state index is 14.6. The van der Waals surface area contributed by atoms with E-state index in [0.29, 0.717) is 54.2 Å². The summed E-state index contributed by atoms with van der Waals surface area (Å²) in [7, 11) is 0.